The lowest BCUT2D eigenvalue weighted by molar-refractivity contribution is 0.0526. The summed E-state index contributed by atoms with van der Waals surface area (Å²) < 4.78 is 12.1. The number of thiazole rings is 1. The highest BCUT2D eigenvalue weighted by Gasteiger charge is 2.20. The van der Waals surface area contributed by atoms with Crippen LogP contribution in [-0.4, -0.2) is 23.5 Å². The maximum absolute atomic E-state index is 13.0. The number of carbonyl (C=O) groups is 2. The molecule has 0 radical (unpaired) electrons. The number of carbonyl (C=O) groups excluding carboxylic acids is 2. The predicted molar refractivity (Wildman–Crippen MR) is 153 cm³/mol. The van der Waals surface area contributed by atoms with Crippen LogP contribution in [-0.2, 0) is 4.74 Å². The van der Waals surface area contributed by atoms with E-state index in [4.69, 9.17) is 14.1 Å². The fraction of sp³-hybridized carbons (Fsp3) is 0.100. The Hall–Kier alpha value is -4.01. The van der Waals surface area contributed by atoms with Gasteiger partial charge in [-0.25, -0.2) is 9.78 Å². The summed E-state index contributed by atoms with van der Waals surface area (Å²) in [6, 6.07) is 26.0. The van der Waals surface area contributed by atoms with Gasteiger partial charge in [-0.15, -0.1) is 0 Å². The topological polar surface area (TPSA) is 81.4 Å². The summed E-state index contributed by atoms with van der Waals surface area (Å²) in [6.07, 6.45) is 0. The van der Waals surface area contributed by atoms with Crippen molar-refractivity contribution in [3.63, 3.8) is 0 Å². The molecule has 8 heteroatoms. The highest BCUT2D eigenvalue weighted by molar-refractivity contribution is 9.10. The SMILES string of the molecule is CCOC(=O)c1ccc(-c2ccc(-c3nc(-c4ccc(C)cc4)c(NC(=O)c4ccc(Br)cc4)s3)o2)cc1. The Morgan fingerprint density at radius 1 is 0.868 bits per heavy atom. The number of nitrogens with one attached hydrogen (secondary N) is 1. The Morgan fingerprint density at radius 2 is 1.50 bits per heavy atom. The zero-order chi connectivity index (χ0) is 26.6. The second kappa shape index (κ2) is 11.2. The Kier molecular flexibility index (Phi) is 7.53. The van der Waals surface area contributed by atoms with E-state index in [0.717, 1.165) is 21.2 Å². The molecule has 5 aromatic rings. The van der Waals surface area contributed by atoms with E-state index in [1.54, 1.807) is 31.2 Å². The molecular formula is C30H23BrN2O4S. The molecular weight excluding hydrogens is 564 g/mol. The van der Waals surface area contributed by atoms with Crippen LogP contribution in [0.25, 0.3) is 33.3 Å². The highest BCUT2D eigenvalue weighted by atomic mass is 79.9. The van der Waals surface area contributed by atoms with E-state index in [9.17, 15) is 9.59 Å². The maximum atomic E-state index is 13.0. The van der Waals surface area contributed by atoms with Gasteiger partial charge in [-0.1, -0.05) is 69.2 Å². The number of hydrogen-bond donors (Lipinski definition) is 1. The monoisotopic (exact) mass is 586 g/mol. The molecule has 1 amide bonds. The van der Waals surface area contributed by atoms with Crippen LogP contribution in [0.15, 0.2) is 93.8 Å². The van der Waals surface area contributed by atoms with Crippen LogP contribution in [0.5, 0.6) is 0 Å². The van der Waals surface area contributed by atoms with Gasteiger partial charge in [0.1, 0.15) is 16.5 Å². The van der Waals surface area contributed by atoms with E-state index in [2.05, 4.69) is 21.2 Å². The van der Waals surface area contributed by atoms with Crippen molar-refractivity contribution in [2.45, 2.75) is 13.8 Å². The van der Waals surface area contributed by atoms with E-state index in [0.29, 0.717) is 45.0 Å². The van der Waals surface area contributed by atoms with E-state index in [-0.39, 0.29) is 11.9 Å². The summed E-state index contributed by atoms with van der Waals surface area (Å²) in [6.45, 7) is 4.12. The van der Waals surface area contributed by atoms with E-state index in [1.807, 2.05) is 67.6 Å². The Balaban J connectivity index is 1.46. The molecule has 0 aliphatic rings. The largest absolute Gasteiger partial charge is 0.462 e. The molecule has 2 heterocycles. The molecule has 190 valence electrons. The van der Waals surface area contributed by atoms with E-state index < -0.39 is 0 Å². The van der Waals surface area contributed by atoms with Crippen LogP contribution in [0.2, 0.25) is 0 Å². The van der Waals surface area contributed by atoms with Crippen molar-refractivity contribution in [3.8, 4) is 33.3 Å². The fourth-order valence-electron chi connectivity index (χ4n) is 3.79. The summed E-state index contributed by atoms with van der Waals surface area (Å²) >= 11 is 4.75. The van der Waals surface area contributed by atoms with Crippen molar-refractivity contribution in [2.75, 3.05) is 11.9 Å². The van der Waals surface area contributed by atoms with Crippen LogP contribution in [0.3, 0.4) is 0 Å². The lowest BCUT2D eigenvalue weighted by Gasteiger charge is -2.06. The van der Waals surface area contributed by atoms with Crippen molar-refractivity contribution in [1.82, 2.24) is 4.98 Å². The predicted octanol–water partition coefficient (Wildman–Crippen LogP) is 8.24. The van der Waals surface area contributed by atoms with Crippen LogP contribution >= 0.6 is 27.3 Å². The third-order valence-electron chi connectivity index (χ3n) is 5.78. The molecule has 0 atom stereocenters. The number of amides is 1. The number of halogens is 1. The molecule has 1 N–H and O–H groups in total. The zero-order valence-electron chi connectivity index (χ0n) is 20.7. The van der Waals surface area contributed by atoms with Crippen molar-refractivity contribution >= 4 is 44.1 Å². The van der Waals surface area contributed by atoms with Crippen molar-refractivity contribution < 1.29 is 18.7 Å². The number of aromatic nitrogens is 1. The van der Waals surface area contributed by atoms with Crippen LogP contribution in [0, 0.1) is 6.92 Å². The Labute approximate surface area is 232 Å². The molecule has 5 rings (SSSR count). The van der Waals surface area contributed by atoms with Gasteiger partial charge in [-0.3, -0.25) is 4.79 Å². The number of rotatable bonds is 7. The van der Waals surface area contributed by atoms with Gasteiger partial charge in [0.15, 0.2) is 10.8 Å². The summed E-state index contributed by atoms with van der Waals surface area (Å²) in [7, 11) is 0. The number of benzene rings is 3. The minimum absolute atomic E-state index is 0.220. The van der Waals surface area contributed by atoms with Gasteiger partial charge in [-0.2, -0.15) is 0 Å². The van der Waals surface area contributed by atoms with Gasteiger partial charge in [0, 0.05) is 21.2 Å². The number of anilines is 1. The molecule has 0 spiro atoms. The lowest BCUT2D eigenvalue weighted by atomic mass is 10.1. The summed E-state index contributed by atoms with van der Waals surface area (Å²) in [5, 5.41) is 4.30. The number of furan rings is 1. The number of nitrogens with zero attached hydrogens (tertiary/aromatic N) is 1. The molecule has 0 aliphatic heterocycles. The normalized spacial score (nSPS) is 10.8. The molecule has 0 bridgehead atoms. The maximum Gasteiger partial charge on any atom is 0.338 e. The van der Waals surface area contributed by atoms with Gasteiger partial charge >= 0.3 is 5.97 Å². The van der Waals surface area contributed by atoms with Crippen LogP contribution < -0.4 is 5.32 Å². The molecule has 6 nitrogen and oxygen atoms in total. The summed E-state index contributed by atoms with van der Waals surface area (Å²) in [5.74, 6) is 0.645. The Bertz CT molecular complexity index is 1590. The van der Waals surface area contributed by atoms with E-state index >= 15 is 0 Å². The minimum Gasteiger partial charge on any atom is -0.462 e. The number of aryl methyl sites for hydroxylation is 1. The van der Waals surface area contributed by atoms with Gasteiger partial charge in [0.25, 0.3) is 5.91 Å². The molecule has 0 aliphatic carbocycles. The van der Waals surface area contributed by atoms with Crippen molar-refractivity contribution in [3.05, 3.63) is 106 Å². The van der Waals surface area contributed by atoms with Crippen LogP contribution in [0.1, 0.15) is 33.2 Å². The summed E-state index contributed by atoms with van der Waals surface area (Å²) in [5.41, 5.74) is 4.55. The average molecular weight is 587 g/mol. The molecule has 2 aromatic heterocycles. The molecule has 0 unspecified atom stereocenters. The highest BCUT2D eigenvalue weighted by Crippen LogP contribution is 2.40. The minimum atomic E-state index is -0.358. The van der Waals surface area contributed by atoms with Gasteiger partial charge in [0.2, 0.25) is 0 Å². The second-order valence-corrected chi connectivity index (χ2v) is 10.4. The molecule has 0 saturated heterocycles. The molecule has 38 heavy (non-hydrogen) atoms. The van der Waals surface area contributed by atoms with Crippen molar-refractivity contribution in [1.29, 1.82) is 0 Å². The van der Waals surface area contributed by atoms with Gasteiger partial charge in [-0.05, 0) is 62.4 Å². The van der Waals surface area contributed by atoms with Gasteiger partial charge < -0.3 is 14.5 Å². The number of hydrogen-bond acceptors (Lipinski definition) is 6. The number of esters is 1. The summed E-state index contributed by atoms with van der Waals surface area (Å²) in [4.78, 5) is 29.8. The van der Waals surface area contributed by atoms with E-state index in [1.165, 1.54) is 11.3 Å². The molecule has 0 fully saturated rings. The first-order chi connectivity index (χ1) is 18.4. The quantitative estimate of drug-likeness (QED) is 0.194. The Morgan fingerprint density at radius 3 is 2.18 bits per heavy atom. The third kappa shape index (κ3) is 5.61. The first-order valence-electron chi connectivity index (χ1n) is 11.9. The molecule has 3 aromatic carbocycles. The van der Waals surface area contributed by atoms with Crippen molar-refractivity contribution in [2.24, 2.45) is 0 Å². The standard InChI is InChI=1S/C30H23BrN2O4S/c1-3-36-30(35)22-10-8-19(9-11-22)24-16-17-25(37-24)28-32-26(20-6-4-18(2)5-7-20)29(38-28)33-27(34)21-12-14-23(31)15-13-21/h4-17H,3H2,1-2H3,(H,33,34). The first kappa shape index (κ1) is 25.6. The lowest BCUT2D eigenvalue weighted by Crippen LogP contribution is -2.11. The zero-order valence-corrected chi connectivity index (χ0v) is 23.1. The smallest absolute Gasteiger partial charge is 0.338 e. The average Bonchev–Trinajstić information content (AvgIpc) is 3.58. The fourth-order valence-corrected chi connectivity index (χ4v) is 5.00. The number of ether oxygens (including phenoxy) is 1. The van der Waals surface area contributed by atoms with Crippen LogP contribution in [0.4, 0.5) is 5.00 Å². The first-order valence-corrected chi connectivity index (χ1v) is 13.5. The second-order valence-electron chi connectivity index (χ2n) is 8.49. The van der Waals surface area contributed by atoms with Gasteiger partial charge in [0.05, 0.1) is 12.2 Å². The molecule has 0 saturated carbocycles. The third-order valence-corrected chi connectivity index (χ3v) is 7.30.